The van der Waals surface area contributed by atoms with Crippen molar-refractivity contribution < 1.29 is 36.7 Å². The number of carbonyl (C=O) groups is 3. The zero-order chi connectivity index (χ0) is 34.3. The van der Waals surface area contributed by atoms with Gasteiger partial charge < -0.3 is 25.6 Å². The molecule has 0 bridgehead atoms. The predicted octanol–water partition coefficient (Wildman–Crippen LogP) is 6.61. The number of ether oxygens (including phenoxy) is 1. The molecule has 0 saturated carbocycles. The lowest BCUT2D eigenvalue weighted by molar-refractivity contribution is -0.153. The average Bonchev–Trinajstić information content (AvgIpc) is 3.13. The van der Waals surface area contributed by atoms with Crippen molar-refractivity contribution in [1.82, 2.24) is 5.32 Å². The first-order valence-corrected chi connectivity index (χ1v) is 15.4. The number of amides is 3. The van der Waals surface area contributed by atoms with E-state index in [-0.39, 0.29) is 46.4 Å². The topological polar surface area (TPSA) is 105 Å². The van der Waals surface area contributed by atoms with Crippen molar-refractivity contribution in [1.29, 1.82) is 0 Å². The highest BCUT2D eigenvalue weighted by Crippen LogP contribution is 2.42. The lowest BCUT2D eigenvalue weighted by Crippen LogP contribution is -2.63. The van der Waals surface area contributed by atoms with Crippen LogP contribution in [0.25, 0.3) is 10.8 Å². The summed E-state index contributed by atoms with van der Waals surface area (Å²) in [5.74, 6) is -4.17. The molecule has 1 heterocycles. The van der Waals surface area contributed by atoms with Gasteiger partial charge in [-0.1, -0.05) is 39.7 Å². The van der Waals surface area contributed by atoms with Gasteiger partial charge >= 0.3 is 6.18 Å². The Morgan fingerprint density at radius 3 is 2.38 bits per heavy atom. The molecule has 0 fully saturated rings. The van der Waals surface area contributed by atoms with Crippen LogP contribution in [-0.4, -0.2) is 49.6 Å². The first kappa shape index (κ1) is 34.1. The Hall–Kier alpha value is -4.20. The molecule has 0 aromatic heterocycles. The zero-order valence-corrected chi connectivity index (χ0v) is 27.3. The maximum Gasteiger partial charge on any atom is 0.422 e. The van der Waals surface area contributed by atoms with E-state index in [9.17, 15) is 31.9 Å². The number of nitrogens with one attached hydrogen (secondary N) is 1. The van der Waals surface area contributed by atoms with Crippen molar-refractivity contribution in [2.24, 2.45) is 11.7 Å². The highest BCUT2D eigenvalue weighted by atomic mass is 79.9. The Morgan fingerprint density at radius 2 is 1.74 bits per heavy atom. The third kappa shape index (κ3) is 6.92. The van der Waals surface area contributed by atoms with E-state index in [2.05, 4.69) is 21.2 Å². The Bertz CT molecular complexity index is 1870. The number of nitrogens with two attached hydrogens (primary N) is 1. The Balaban J connectivity index is 1.74. The molecule has 14 heteroatoms. The second kappa shape index (κ2) is 13.1. The maximum atomic E-state index is 14.7. The number of rotatable bonds is 8. The summed E-state index contributed by atoms with van der Waals surface area (Å²) in [4.78, 5) is 44.2. The van der Waals surface area contributed by atoms with Gasteiger partial charge in [0.25, 0.3) is 5.91 Å². The molecule has 0 aliphatic carbocycles. The Kier molecular flexibility index (Phi) is 9.54. The zero-order valence-electron chi connectivity index (χ0n) is 25.0. The van der Waals surface area contributed by atoms with E-state index >= 15 is 0 Å². The van der Waals surface area contributed by atoms with E-state index in [0.29, 0.717) is 15.2 Å². The molecule has 1 unspecified atom stereocenters. The lowest BCUT2D eigenvalue weighted by Gasteiger charge is -2.36. The highest BCUT2D eigenvalue weighted by molar-refractivity contribution is 9.10. The second-order valence-corrected chi connectivity index (χ2v) is 12.5. The van der Waals surface area contributed by atoms with Crippen LogP contribution in [0.1, 0.15) is 22.8 Å². The molecule has 0 saturated heterocycles. The molecule has 2 atom stereocenters. The number of alkyl halides is 3. The van der Waals surface area contributed by atoms with Crippen molar-refractivity contribution >= 4 is 67.4 Å². The monoisotopic (exact) mass is 734 g/mol. The summed E-state index contributed by atoms with van der Waals surface area (Å²) < 4.78 is 59.7. The first-order valence-electron chi connectivity index (χ1n) is 14.2. The van der Waals surface area contributed by atoms with Crippen LogP contribution in [-0.2, 0) is 16.1 Å². The normalized spacial score (nSPS) is 16.4. The summed E-state index contributed by atoms with van der Waals surface area (Å²) in [6, 6.07) is 17.4. The minimum absolute atomic E-state index is 0.0877. The molecule has 0 spiro atoms. The quantitative estimate of drug-likeness (QED) is 0.198. The van der Waals surface area contributed by atoms with Crippen LogP contribution in [0.15, 0.2) is 77.3 Å². The van der Waals surface area contributed by atoms with Crippen molar-refractivity contribution in [2.75, 3.05) is 30.0 Å². The van der Waals surface area contributed by atoms with E-state index < -0.39 is 47.8 Å². The van der Waals surface area contributed by atoms with Crippen LogP contribution < -0.4 is 25.6 Å². The third-order valence-corrected chi connectivity index (χ3v) is 9.00. The van der Waals surface area contributed by atoms with Gasteiger partial charge in [-0.2, -0.15) is 13.2 Å². The van der Waals surface area contributed by atoms with Crippen molar-refractivity contribution in [2.45, 2.75) is 25.2 Å². The molecule has 8 nitrogen and oxygen atoms in total. The van der Waals surface area contributed by atoms with E-state index in [4.69, 9.17) is 22.1 Å². The summed E-state index contributed by atoms with van der Waals surface area (Å²) in [6.07, 6.45) is -4.64. The van der Waals surface area contributed by atoms with Gasteiger partial charge in [0, 0.05) is 27.2 Å². The van der Waals surface area contributed by atoms with Gasteiger partial charge in [-0.3, -0.25) is 14.4 Å². The predicted molar refractivity (Wildman–Crippen MR) is 174 cm³/mol. The maximum absolute atomic E-state index is 14.7. The summed E-state index contributed by atoms with van der Waals surface area (Å²) in [5, 5.41) is 4.19. The van der Waals surface area contributed by atoms with Crippen molar-refractivity contribution in [3.63, 3.8) is 0 Å². The minimum Gasteiger partial charge on any atom is -0.484 e. The largest absolute Gasteiger partial charge is 0.484 e. The fourth-order valence-corrected chi connectivity index (χ4v) is 6.12. The fourth-order valence-electron chi connectivity index (χ4n) is 5.57. The SMILES string of the molecule is CNC(C)(C(N)=O)[C@@H]1CN(C(=O)c2ccc(F)cc2)c2cc(Cl)ccc2N(Cc2c(OCC(F)(F)F)ccc3cc(Br)ccc23)C1=O. The van der Waals surface area contributed by atoms with Crippen LogP contribution in [0.5, 0.6) is 5.75 Å². The molecule has 4 aromatic rings. The number of fused-ring (bicyclic) bond motifs is 2. The van der Waals surface area contributed by atoms with Gasteiger partial charge in [0.05, 0.1) is 23.8 Å². The van der Waals surface area contributed by atoms with Crippen LogP contribution >= 0.6 is 27.5 Å². The number of hydrogen-bond acceptors (Lipinski definition) is 5. The van der Waals surface area contributed by atoms with Crippen molar-refractivity contribution in [3.05, 3.63) is 99.2 Å². The number of hydrogen-bond donors (Lipinski definition) is 2. The molecule has 47 heavy (non-hydrogen) atoms. The van der Waals surface area contributed by atoms with Crippen molar-refractivity contribution in [3.8, 4) is 5.75 Å². The smallest absolute Gasteiger partial charge is 0.422 e. The number of primary amides is 1. The fraction of sp³-hybridized carbons (Fsp3) is 0.242. The number of likely N-dealkylation sites (N-methyl/N-ethyl adjacent to an activating group) is 1. The Morgan fingerprint density at radius 1 is 1.04 bits per heavy atom. The molecule has 1 aliphatic heterocycles. The number of benzene rings is 4. The third-order valence-electron chi connectivity index (χ3n) is 8.27. The number of carbonyl (C=O) groups excluding carboxylic acids is 3. The van der Waals surface area contributed by atoms with Gasteiger partial charge in [0.1, 0.15) is 17.1 Å². The first-order chi connectivity index (χ1) is 22.1. The molecule has 3 amide bonds. The van der Waals surface area contributed by atoms with Gasteiger partial charge in [-0.25, -0.2) is 4.39 Å². The van der Waals surface area contributed by atoms with Gasteiger partial charge in [-0.15, -0.1) is 0 Å². The van der Waals surface area contributed by atoms with Crippen LogP contribution in [0.2, 0.25) is 5.02 Å². The van der Waals surface area contributed by atoms with Gasteiger partial charge in [-0.05, 0) is 85.4 Å². The number of nitrogens with zero attached hydrogens (tertiary/aromatic N) is 2. The van der Waals surface area contributed by atoms with E-state index in [0.717, 1.165) is 12.1 Å². The van der Waals surface area contributed by atoms with Crippen LogP contribution in [0, 0.1) is 11.7 Å². The van der Waals surface area contributed by atoms with Crippen LogP contribution in [0.4, 0.5) is 28.9 Å². The summed E-state index contributed by atoms with van der Waals surface area (Å²) in [5.41, 5.74) is 4.80. The summed E-state index contributed by atoms with van der Waals surface area (Å²) in [6.45, 7) is -0.844. The lowest BCUT2D eigenvalue weighted by atomic mass is 9.83. The van der Waals surface area contributed by atoms with E-state index in [1.54, 1.807) is 24.3 Å². The molecule has 3 N–H and O–H groups in total. The summed E-state index contributed by atoms with van der Waals surface area (Å²) >= 11 is 9.82. The Labute approximate surface area is 280 Å². The van der Waals surface area contributed by atoms with Gasteiger partial charge in [0.15, 0.2) is 6.61 Å². The number of halogens is 6. The van der Waals surface area contributed by atoms with E-state index in [1.165, 1.54) is 60.2 Å². The molecular weight excluding hydrogens is 708 g/mol. The molecule has 5 rings (SSSR count). The molecule has 0 radical (unpaired) electrons. The molecule has 4 aromatic carbocycles. The minimum atomic E-state index is -4.64. The average molecular weight is 736 g/mol. The highest BCUT2D eigenvalue weighted by Gasteiger charge is 2.49. The molecular formula is C33H28BrClF4N4O4. The molecule has 246 valence electrons. The number of anilines is 2. The van der Waals surface area contributed by atoms with Gasteiger partial charge in [0.2, 0.25) is 11.8 Å². The molecule has 1 aliphatic rings. The van der Waals surface area contributed by atoms with E-state index in [1.807, 2.05) is 0 Å². The summed E-state index contributed by atoms with van der Waals surface area (Å²) in [7, 11) is 1.44. The van der Waals surface area contributed by atoms with Crippen LogP contribution in [0.3, 0.4) is 0 Å². The standard InChI is InChI=1S/C33H28BrClF4N4O4/c1-32(41-2,31(40)46)25-16-43(29(44)18-3-8-22(36)9-4-18)27-14-21(35)7-11-26(27)42(30(25)45)15-24-23-10-6-20(34)13-19(23)5-12-28(24)47-17-33(37,38)39/h3-14,25,41H,15-17H2,1-2H3,(H2,40,46)/t25-,32?/m1/s1. The second-order valence-electron chi connectivity index (χ2n) is 11.2.